The molecule has 0 radical (unpaired) electrons. The number of amides is 2. The third-order valence-electron chi connectivity index (χ3n) is 5.48. The first kappa shape index (κ1) is 25.3. The number of benzene rings is 3. The lowest BCUT2D eigenvalue weighted by molar-refractivity contribution is -0.132. The standard InChI is InChI=1S/C27H24Cl2N4O3/c1-17(36-25-12-11-20(28)14-22(25)29)26(34)32-24(13-18-7-3-2-4-8-18)27(35)33-31-16-19-15-30-23-10-6-5-9-21(19)23/h2-12,14-17,24,30H,13H2,1H3,(H,32,34)(H,33,35)/b31-16-/t17-,24-/m1/s1. The fourth-order valence-corrected chi connectivity index (χ4v) is 4.06. The fraction of sp³-hybridized carbons (Fsp3) is 0.148. The molecule has 4 rings (SSSR count). The van der Waals surface area contributed by atoms with Crippen LogP contribution in [0.2, 0.25) is 10.0 Å². The van der Waals surface area contributed by atoms with Crippen molar-refractivity contribution in [3.8, 4) is 5.75 Å². The number of H-pyrrole nitrogens is 1. The van der Waals surface area contributed by atoms with E-state index in [2.05, 4.69) is 20.8 Å². The van der Waals surface area contributed by atoms with E-state index in [4.69, 9.17) is 27.9 Å². The van der Waals surface area contributed by atoms with Crippen molar-refractivity contribution in [1.29, 1.82) is 0 Å². The minimum Gasteiger partial charge on any atom is -0.479 e. The number of aromatic amines is 1. The molecule has 3 aromatic carbocycles. The number of fused-ring (bicyclic) bond motifs is 1. The number of carbonyl (C=O) groups is 2. The molecule has 0 unspecified atom stereocenters. The van der Waals surface area contributed by atoms with Gasteiger partial charge in [-0.05, 0) is 36.8 Å². The highest BCUT2D eigenvalue weighted by atomic mass is 35.5. The van der Waals surface area contributed by atoms with E-state index >= 15 is 0 Å². The maximum absolute atomic E-state index is 13.0. The van der Waals surface area contributed by atoms with Crippen LogP contribution < -0.4 is 15.5 Å². The molecular formula is C27H24Cl2N4O3. The average Bonchev–Trinajstić information content (AvgIpc) is 3.29. The van der Waals surface area contributed by atoms with Gasteiger partial charge in [0.05, 0.1) is 11.2 Å². The molecule has 2 atom stereocenters. The Morgan fingerprint density at radius 3 is 2.56 bits per heavy atom. The van der Waals surface area contributed by atoms with E-state index in [1.54, 1.807) is 25.3 Å². The van der Waals surface area contributed by atoms with Crippen LogP contribution in [0.3, 0.4) is 0 Å². The Balaban J connectivity index is 1.44. The fourth-order valence-electron chi connectivity index (χ4n) is 3.61. The van der Waals surface area contributed by atoms with Gasteiger partial charge in [0.25, 0.3) is 11.8 Å². The summed E-state index contributed by atoms with van der Waals surface area (Å²) < 4.78 is 5.70. The van der Waals surface area contributed by atoms with Gasteiger partial charge in [0.15, 0.2) is 6.10 Å². The van der Waals surface area contributed by atoms with Crippen molar-refractivity contribution in [1.82, 2.24) is 15.7 Å². The molecule has 2 amide bonds. The predicted octanol–water partition coefficient (Wildman–Crippen LogP) is 5.12. The van der Waals surface area contributed by atoms with E-state index in [9.17, 15) is 9.59 Å². The highest BCUT2D eigenvalue weighted by Gasteiger charge is 2.25. The van der Waals surface area contributed by atoms with E-state index in [0.29, 0.717) is 10.8 Å². The third-order valence-corrected chi connectivity index (χ3v) is 6.01. The van der Waals surface area contributed by atoms with Crippen molar-refractivity contribution in [3.63, 3.8) is 0 Å². The molecule has 0 fully saturated rings. The molecule has 0 aliphatic rings. The molecule has 0 saturated heterocycles. The Hall–Kier alpha value is -3.81. The largest absolute Gasteiger partial charge is 0.479 e. The summed E-state index contributed by atoms with van der Waals surface area (Å²) in [5, 5.41) is 8.60. The van der Waals surface area contributed by atoms with Crippen molar-refractivity contribution in [3.05, 3.63) is 100 Å². The first-order valence-corrected chi connectivity index (χ1v) is 12.0. The Bertz CT molecular complexity index is 1390. The van der Waals surface area contributed by atoms with E-state index in [1.807, 2.05) is 60.8 Å². The number of nitrogens with zero attached hydrogens (tertiary/aromatic N) is 1. The molecule has 0 bridgehead atoms. The zero-order valence-corrected chi connectivity index (χ0v) is 20.9. The van der Waals surface area contributed by atoms with Crippen LogP contribution in [0.15, 0.2) is 84.1 Å². The number of hydrazone groups is 1. The van der Waals surface area contributed by atoms with Crippen LogP contribution in [0.1, 0.15) is 18.1 Å². The third kappa shape index (κ3) is 6.44. The van der Waals surface area contributed by atoms with Crippen LogP contribution in [-0.4, -0.2) is 35.2 Å². The van der Waals surface area contributed by atoms with Crippen LogP contribution in [0.5, 0.6) is 5.75 Å². The number of aromatic nitrogens is 1. The minimum absolute atomic E-state index is 0.273. The Labute approximate surface area is 218 Å². The normalized spacial score (nSPS) is 12.9. The molecule has 9 heteroatoms. The van der Waals surface area contributed by atoms with Crippen LogP contribution in [0.4, 0.5) is 0 Å². The molecule has 7 nitrogen and oxygen atoms in total. The zero-order chi connectivity index (χ0) is 25.5. The summed E-state index contributed by atoms with van der Waals surface area (Å²) in [4.78, 5) is 29.1. The summed E-state index contributed by atoms with van der Waals surface area (Å²) >= 11 is 12.1. The number of para-hydroxylation sites is 1. The van der Waals surface area contributed by atoms with Crippen LogP contribution >= 0.6 is 23.2 Å². The Morgan fingerprint density at radius 2 is 1.78 bits per heavy atom. The monoisotopic (exact) mass is 522 g/mol. The molecule has 3 N–H and O–H groups in total. The molecule has 184 valence electrons. The first-order chi connectivity index (χ1) is 17.4. The lowest BCUT2D eigenvalue weighted by atomic mass is 10.1. The van der Waals surface area contributed by atoms with E-state index in [0.717, 1.165) is 22.0 Å². The molecule has 36 heavy (non-hydrogen) atoms. The van der Waals surface area contributed by atoms with Gasteiger partial charge < -0.3 is 15.0 Å². The molecule has 0 aliphatic carbocycles. The molecular weight excluding hydrogens is 499 g/mol. The first-order valence-electron chi connectivity index (χ1n) is 11.3. The second-order valence-electron chi connectivity index (χ2n) is 8.11. The SMILES string of the molecule is C[C@@H](Oc1ccc(Cl)cc1Cl)C(=O)N[C@H](Cc1ccccc1)C(=O)N/N=C\c1c[nH]c2ccccc12. The van der Waals surface area contributed by atoms with Crippen molar-refractivity contribution in [2.45, 2.75) is 25.5 Å². The number of halogens is 2. The van der Waals surface area contributed by atoms with Gasteiger partial charge in [0.2, 0.25) is 0 Å². The quantitative estimate of drug-likeness (QED) is 0.210. The van der Waals surface area contributed by atoms with Crippen LogP contribution in [0, 0.1) is 0 Å². The molecule has 4 aromatic rings. The Kier molecular flexibility index (Phi) is 8.25. The van der Waals surface area contributed by atoms with Crippen LogP contribution in [-0.2, 0) is 16.0 Å². The number of hydrogen-bond acceptors (Lipinski definition) is 4. The van der Waals surface area contributed by atoms with E-state index < -0.39 is 24.0 Å². The average molecular weight is 523 g/mol. The second kappa shape index (κ2) is 11.7. The van der Waals surface area contributed by atoms with Crippen molar-refractivity contribution in [2.75, 3.05) is 0 Å². The summed E-state index contributed by atoms with van der Waals surface area (Å²) in [7, 11) is 0. The minimum atomic E-state index is -0.913. The summed E-state index contributed by atoms with van der Waals surface area (Å²) in [6.07, 6.45) is 2.73. The van der Waals surface area contributed by atoms with Crippen molar-refractivity contribution < 1.29 is 14.3 Å². The maximum Gasteiger partial charge on any atom is 0.262 e. The van der Waals surface area contributed by atoms with Crippen molar-refractivity contribution >= 4 is 52.1 Å². The second-order valence-corrected chi connectivity index (χ2v) is 8.95. The highest BCUT2D eigenvalue weighted by molar-refractivity contribution is 6.35. The molecule has 0 spiro atoms. The van der Waals surface area contributed by atoms with Gasteiger partial charge in [0.1, 0.15) is 11.8 Å². The lowest BCUT2D eigenvalue weighted by Gasteiger charge is -2.21. The van der Waals surface area contributed by atoms with Gasteiger partial charge in [-0.2, -0.15) is 5.10 Å². The van der Waals surface area contributed by atoms with Crippen molar-refractivity contribution in [2.24, 2.45) is 5.10 Å². The molecule has 1 heterocycles. The van der Waals surface area contributed by atoms with Gasteiger partial charge in [-0.3, -0.25) is 9.59 Å². The summed E-state index contributed by atoms with van der Waals surface area (Å²) in [6.45, 7) is 1.58. The smallest absolute Gasteiger partial charge is 0.262 e. The van der Waals surface area contributed by atoms with Gasteiger partial charge in [-0.25, -0.2) is 5.43 Å². The van der Waals surface area contributed by atoms with E-state index in [1.165, 1.54) is 6.07 Å². The number of ether oxygens (including phenoxy) is 1. The number of hydrogen-bond donors (Lipinski definition) is 3. The summed E-state index contributed by atoms with van der Waals surface area (Å²) in [5.41, 5.74) is 5.22. The molecule has 0 saturated carbocycles. The van der Waals surface area contributed by atoms with Gasteiger partial charge in [-0.1, -0.05) is 71.7 Å². The number of nitrogens with one attached hydrogen (secondary N) is 3. The van der Waals surface area contributed by atoms with Gasteiger partial charge in [0, 0.05) is 34.1 Å². The number of carbonyl (C=O) groups excluding carboxylic acids is 2. The predicted molar refractivity (Wildman–Crippen MR) is 143 cm³/mol. The van der Waals surface area contributed by atoms with Gasteiger partial charge in [-0.15, -0.1) is 0 Å². The van der Waals surface area contributed by atoms with Gasteiger partial charge >= 0.3 is 0 Å². The number of rotatable bonds is 9. The maximum atomic E-state index is 13.0. The zero-order valence-electron chi connectivity index (χ0n) is 19.4. The summed E-state index contributed by atoms with van der Waals surface area (Å²) in [5.74, 6) is -0.617. The molecule has 1 aromatic heterocycles. The molecule has 0 aliphatic heterocycles. The van der Waals surface area contributed by atoms with Crippen LogP contribution in [0.25, 0.3) is 10.9 Å². The topological polar surface area (TPSA) is 95.6 Å². The van der Waals surface area contributed by atoms with E-state index in [-0.39, 0.29) is 11.4 Å². The summed E-state index contributed by atoms with van der Waals surface area (Å²) in [6, 6.07) is 21.0. The lowest BCUT2D eigenvalue weighted by Crippen LogP contribution is -2.50. The highest BCUT2D eigenvalue weighted by Crippen LogP contribution is 2.28. The Morgan fingerprint density at radius 1 is 1.03 bits per heavy atom.